The molecule has 0 bridgehead atoms. The van der Waals surface area contributed by atoms with Gasteiger partial charge in [0.2, 0.25) is 0 Å². The Morgan fingerprint density at radius 3 is 2.50 bits per heavy atom. The number of ketones is 1. The fourth-order valence-corrected chi connectivity index (χ4v) is 2.07. The van der Waals surface area contributed by atoms with Crippen molar-refractivity contribution in [2.24, 2.45) is 0 Å². The van der Waals surface area contributed by atoms with Crippen molar-refractivity contribution in [3.63, 3.8) is 0 Å². The van der Waals surface area contributed by atoms with Gasteiger partial charge in [-0.05, 0) is 42.8 Å². The van der Waals surface area contributed by atoms with Gasteiger partial charge in [0.15, 0.2) is 17.3 Å². The van der Waals surface area contributed by atoms with E-state index < -0.39 is 12.6 Å². The molecule has 2 rings (SSSR count). The predicted molar refractivity (Wildman–Crippen MR) is 90.7 cm³/mol. The zero-order valence-corrected chi connectivity index (χ0v) is 14.1. The molecule has 0 unspecified atom stereocenters. The molecule has 0 fully saturated rings. The summed E-state index contributed by atoms with van der Waals surface area (Å²) in [5, 5.41) is 0. The van der Waals surface area contributed by atoms with Crippen molar-refractivity contribution < 1.29 is 32.6 Å². The van der Waals surface area contributed by atoms with Crippen LogP contribution in [0.4, 0.5) is 8.78 Å². The first-order valence-electron chi connectivity index (χ1n) is 7.53. The zero-order valence-electron chi connectivity index (χ0n) is 14.1. The molecule has 0 N–H and O–H groups in total. The second-order valence-electron chi connectivity index (χ2n) is 5.13. The number of hydrogen-bond donors (Lipinski definition) is 0. The van der Waals surface area contributed by atoms with Gasteiger partial charge in [0.05, 0.1) is 7.11 Å². The third kappa shape index (κ3) is 5.41. The molecule has 0 radical (unpaired) electrons. The van der Waals surface area contributed by atoms with Crippen molar-refractivity contribution in [2.45, 2.75) is 13.5 Å². The highest BCUT2D eigenvalue weighted by Crippen LogP contribution is 2.29. The van der Waals surface area contributed by atoms with Crippen molar-refractivity contribution >= 4 is 17.8 Å². The maximum atomic E-state index is 12.3. The summed E-state index contributed by atoms with van der Waals surface area (Å²) in [5.41, 5.74) is 0.955. The van der Waals surface area contributed by atoms with Crippen molar-refractivity contribution in [1.82, 2.24) is 0 Å². The Labute approximate surface area is 148 Å². The number of halogens is 2. The highest BCUT2D eigenvalue weighted by Gasteiger charge is 2.10. The number of Topliss-reactive ketones (excluding diaryl/α,β-unsaturated/α-hetero) is 1. The van der Waals surface area contributed by atoms with Crippen LogP contribution in [0.3, 0.4) is 0 Å². The normalized spacial score (nSPS) is 10.8. The predicted octanol–water partition coefficient (Wildman–Crippen LogP) is 4.12. The average Bonchev–Trinajstić information content (AvgIpc) is 2.60. The fraction of sp³-hybridized carbons (Fsp3) is 0.158. The number of benzene rings is 2. The number of carbonyl (C=O) groups excluding carboxylic acids is 2. The summed E-state index contributed by atoms with van der Waals surface area (Å²) in [5.74, 6) is -0.557. The maximum absolute atomic E-state index is 12.3. The van der Waals surface area contributed by atoms with Gasteiger partial charge in [0.1, 0.15) is 5.75 Å². The van der Waals surface area contributed by atoms with E-state index in [4.69, 9.17) is 9.47 Å². The van der Waals surface area contributed by atoms with E-state index in [2.05, 4.69) is 4.74 Å². The van der Waals surface area contributed by atoms with Crippen LogP contribution >= 0.6 is 0 Å². The van der Waals surface area contributed by atoms with E-state index in [9.17, 15) is 18.4 Å². The minimum atomic E-state index is -2.97. The number of carbonyl (C=O) groups is 2. The summed E-state index contributed by atoms with van der Waals surface area (Å²) in [7, 11) is 1.32. The van der Waals surface area contributed by atoms with Crippen LogP contribution in [-0.4, -0.2) is 25.5 Å². The first-order chi connectivity index (χ1) is 12.4. The van der Waals surface area contributed by atoms with Crippen molar-refractivity contribution in [1.29, 1.82) is 0 Å². The van der Waals surface area contributed by atoms with Crippen LogP contribution in [0.5, 0.6) is 17.2 Å². The van der Waals surface area contributed by atoms with Crippen LogP contribution in [0.1, 0.15) is 22.8 Å². The quantitative estimate of drug-likeness (QED) is 0.321. The lowest BCUT2D eigenvalue weighted by Gasteiger charge is -2.10. The molecule has 2 aromatic carbocycles. The monoisotopic (exact) mass is 362 g/mol. The molecule has 0 aliphatic carbocycles. The van der Waals surface area contributed by atoms with Crippen molar-refractivity contribution in [2.75, 3.05) is 7.11 Å². The van der Waals surface area contributed by atoms with E-state index in [1.165, 1.54) is 50.5 Å². The lowest BCUT2D eigenvalue weighted by atomic mass is 10.1. The minimum absolute atomic E-state index is 0.106. The molecule has 0 saturated carbocycles. The maximum Gasteiger partial charge on any atom is 0.387 e. The molecule has 0 spiro atoms. The molecular formula is C19H16F2O5. The molecule has 2 aromatic rings. The molecule has 0 saturated heterocycles. The topological polar surface area (TPSA) is 61.8 Å². The molecule has 5 nitrogen and oxygen atoms in total. The van der Waals surface area contributed by atoms with Gasteiger partial charge in [-0.25, -0.2) is 4.79 Å². The number of alkyl halides is 2. The third-order valence-corrected chi connectivity index (χ3v) is 3.27. The third-order valence-electron chi connectivity index (χ3n) is 3.27. The molecule has 26 heavy (non-hydrogen) atoms. The lowest BCUT2D eigenvalue weighted by Crippen LogP contribution is -2.05. The van der Waals surface area contributed by atoms with Gasteiger partial charge >= 0.3 is 12.6 Å². The molecule has 0 aromatic heterocycles. The Balaban J connectivity index is 2.08. The van der Waals surface area contributed by atoms with Gasteiger partial charge < -0.3 is 14.2 Å². The molecule has 0 atom stereocenters. The second-order valence-corrected chi connectivity index (χ2v) is 5.13. The first-order valence-corrected chi connectivity index (χ1v) is 7.53. The Kier molecular flexibility index (Phi) is 6.43. The largest absolute Gasteiger partial charge is 0.493 e. The van der Waals surface area contributed by atoms with Gasteiger partial charge in [-0.1, -0.05) is 18.2 Å². The van der Waals surface area contributed by atoms with E-state index in [0.29, 0.717) is 11.1 Å². The molecule has 7 heteroatoms. The summed E-state index contributed by atoms with van der Waals surface area (Å²) in [4.78, 5) is 23.2. The molecule has 0 aliphatic rings. The molecule has 136 valence electrons. The highest BCUT2D eigenvalue weighted by atomic mass is 19.3. The van der Waals surface area contributed by atoms with Crippen LogP contribution in [0.25, 0.3) is 6.08 Å². The van der Waals surface area contributed by atoms with Crippen molar-refractivity contribution in [3.05, 3.63) is 59.7 Å². The van der Waals surface area contributed by atoms with Crippen LogP contribution in [0.15, 0.2) is 48.5 Å². The number of ether oxygens (including phenoxy) is 3. The summed E-state index contributed by atoms with van der Waals surface area (Å²) in [6.45, 7) is -1.55. The Hall–Kier alpha value is -3.22. The average molecular weight is 362 g/mol. The van der Waals surface area contributed by atoms with Gasteiger partial charge in [-0.15, -0.1) is 0 Å². The van der Waals surface area contributed by atoms with Gasteiger partial charge in [-0.3, -0.25) is 4.79 Å². The molecule has 0 heterocycles. The van der Waals surface area contributed by atoms with E-state index in [0.717, 1.165) is 0 Å². The number of rotatable bonds is 7. The van der Waals surface area contributed by atoms with Crippen LogP contribution in [0, 0.1) is 0 Å². The molecule has 0 aliphatic heterocycles. The second kappa shape index (κ2) is 8.75. The Morgan fingerprint density at radius 1 is 1.08 bits per heavy atom. The minimum Gasteiger partial charge on any atom is -0.493 e. The standard InChI is InChI=1S/C19H16F2O5/c1-12(22)14-4-3-5-15(11-14)25-18(23)9-7-13-6-8-16(26-19(20)21)17(10-13)24-2/h3-11,19H,1-2H3/b9-7+. The Morgan fingerprint density at radius 2 is 1.85 bits per heavy atom. The lowest BCUT2D eigenvalue weighted by molar-refractivity contribution is -0.128. The summed E-state index contributed by atoms with van der Waals surface area (Å²) in [6, 6.07) is 10.5. The van der Waals surface area contributed by atoms with Crippen LogP contribution < -0.4 is 14.2 Å². The summed E-state index contributed by atoms with van der Waals surface area (Å²) in [6.07, 6.45) is 2.61. The van der Waals surface area contributed by atoms with E-state index in [-0.39, 0.29) is 23.0 Å². The molecular weight excluding hydrogens is 346 g/mol. The van der Waals surface area contributed by atoms with E-state index in [1.807, 2.05) is 0 Å². The van der Waals surface area contributed by atoms with Gasteiger partial charge in [0.25, 0.3) is 0 Å². The number of hydrogen-bond acceptors (Lipinski definition) is 5. The summed E-state index contributed by atoms with van der Waals surface area (Å²) < 4.78 is 39.0. The van der Waals surface area contributed by atoms with Crippen molar-refractivity contribution in [3.8, 4) is 17.2 Å². The van der Waals surface area contributed by atoms with Crippen LogP contribution in [-0.2, 0) is 4.79 Å². The molecule has 0 amide bonds. The van der Waals surface area contributed by atoms with E-state index in [1.54, 1.807) is 18.2 Å². The highest BCUT2D eigenvalue weighted by molar-refractivity contribution is 5.95. The summed E-state index contributed by atoms with van der Waals surface area (Å²) >= 11 is 0. The Bertz CT molecular complexity index is 830. The van der Waals surface area contributed by atoms with Gasteiger partial charge in [0, 0.05) is 11.6 Å². The number of methoxy groups -OCH3 is 1. The van der Waals surface area contributed by atoms with E-state index >= 15 is 0 Å². The van der Waals surface area contributed by atoms with Gasteiger partial charge in [-0.2, -0.15) is 8.78 Å². The fourth-order valence-electron chi connectivity index (χ4n) is 2.07. The SMILES string of the molecule is COc1cc(/C=C/C(=O)Oc2cccc(C(C)=O)c2)ccc1OC(F)F. The zero-order chi connectivity index (χ0) is 19.1. The first kappa shape index (κ1) is 19.1. The number of esters is 1. The van der Waals surface area contributed by atoms with Crippen LogP contribution in [0.2, 0.25) is 0 Å². The smallest absolute Gasteiger partial charge is 0.387 e.